The Hall–Kier alpha value is -2.26. The van der Waals surface area contributed by atoms with Crippen LogP contribution >= 0.6 is 0 Å². The molecule has 0 amide bonds. The third-order valence-electron chi connectivity index (χ3n) is 2.03. The maximum absolute atomic E-state index is 10.5. The van der Waals surface area contributed by atoms with E-state index in [0.717, 1.165) is 5.56 Å². The molecule has 0 aliphatic rings. The van der Waals surface area contributed by atoms with E-state index in [1.165, 1.54) is 6.07 Å². The second-order valence-electron chi connectivity index (χ2n) is 3.86. The van der Waals surface area contributed by atoms with Crippen molar-refractivity contribution >= 4 is 15.8 Å². The van der Waals surface area contributed by atoms with Crippen molar-refractivity contribution in [3.63, 3.8) is 0 Å². The molecule has 20 heavy (non-hydrogen) atoms. The largest absolute Gasteiger partial charge is 0.286 e. The number of aromatic nitrogens is 2. The van der Waals surface area contributed by atoms with Crippen LogP contribution in [0, 0.1) is 10.1 Å². The third-order valence-corrected chi connectivity index (χ3v) is 2.03. The van der Waals surface area contributed by atoms with Crippen LogP contribution in [0.5, 0.6) is 0 Å². The maximum Gasteiger partial charge on any atom is 0.269 e. The van der Waals surface area contributed by atoms with Crippen LogP contribution in [-0.4, -0.2) is 33.9 Å². The van der Waals surface area contributed by atoms with Gasteiger partial charge < -0.3 is 0 Å². The number of nitro groups is 1. The van der Waals surface area contributed by atoms with Gasteiger partial charge in [-0.05, 0) is 11.6 Å². The molecule has 0 radical (unpaired) electrons. The molecule has 0 bridgehead atoms. The van der Waals surface area contributed by atoms with Crippen LogP contribution < -0.4 is 0 Å². The summed E-state index contributed by atoms with van der Waals surface area (Å²) in [4.78, 5) is 10.1. The minimum Gasteiger partial charge on any atom is -0.286 e. The van der Waals surface area contributed by atoms with Gasteiger partial charge in [-0.25, -0.2) is 0 Å². The van der Waals surface area contributed by atoms with Crippen molar-refractivity contribution in [1.82, 2.24) is 9.78 Å². The highest BCUT2D eigenvalue weighted by atomic mass is 32.2. The topological polar surface area (TPSA) is 115 Å². The minimum absolute atomic E-state index is 0.111. The molecule has 2 rings (SSSR count). The number of hydrogen-bond acceptors (Lipinski definition) is 5. The van der Waals surface area contributed by atoms with Crippen LogP contribution in [0.15, 0.2) is 42.7 Å². The lowest BCUT2D eigenvalue weighted by Gasteiger charge is -2.01. The average Bonchev–Trinajstić information content (AvgIpc) is 2.80. The fourth-order valence-electron chi connectivity index (χ4n) is 1.35. The van der Waals surface area contributed by atoms with Gasteiger partial charge in [-0.3, -0.25) is 19.3 Å². The van der Waals surface area contributed by atoms with Gasteiger partial charge in [0.15, 0.2) is 0 Å². The monoisotopic (exact) mass is 299 g/mol. The number of hydrogen-bond donors (Lipinski definition) is 1. The average molecular weight is 299 g/mol. The van der Waals surface area contributed by atoms with E-state index >= 15 is 0 Å². The molecule has 2 aromatic rings. The molecule has 0 aliphatic heterocycles. The predicted octanol–water partition coefficient (Wildman–Crippen LogP) is 1.34. The molecule has 0 unspecified atom stereocenters. The Morgan fingerprint density at radius 2 is 2.05 bits per heavy atom. The van der Waals surface area contributed by atoms with E-state index in [9.17, 15) is 18.5 Å². The van der Waals surface area contributed by atoms with Gasteiger partial charge in [-0.1, -0.05) is 12.1 Å². The summed E-state index contributed by atoms with van der Waals surface area (Å²) < 4.78 is 27.6. The van der Waals surface area contributed by atoms with Crippen LogP contribution in [0.25, 0.3) is 0 Å². The van der Waals surface area contributed by atoms with Gasteiger partial charge in [0.25, 0.3) is 15.8 Å². The molecule has 0 fully saturated rings. The van der Waals surface area contributed by atoms with Gasteiger partial charge in [-0.2, -0.15) is 13.5 Å². The molecule has 8 nitrogen and oxygen atoms in total. The lowest BCUT2D eigenvalue weighted by atomic mass is 10.2. The number of rotatable bonds is 3. The van der Waals surface area contributed by atoms with Gasteiger partial charge >= 0.3 is 0 Å². The number of benzene rings is 1. The molecule has 1 aromatic heterocycles. The summed E-state index contributed by atoms with van der Waals surface area (Å²) >= 11 is 0. The van der Waals surface area contributed by atoms with E-state index < -0.39 is 15.0 Å². The molecule has 0 spiro atoms. The first-order valence-corrected chi connectivity index (χ1v) is 7.24. The quantitative estimate of drug-likeness (QED) is 0.519. The lowest BCUT2D eigenvalue weighted by Crippen LogP contribution is -2.00. The molecule has 9 heteroatoms. The summed E-state index contributed by atoms with van der Waals surface area (Å²) in [6, 6.07) is 8.37. The highest BCUT2D eigenvalue weighted by Gasteiger charge is 2.05. The first kappa shape index (κ1) is 15.8. The van der Waals surface area contributed by atoms with Gasteiger partial charge in [-0.15, -0.1) is 0 Å². The fourth-order valence-corrected chi connectivity index (χ4v) is 1.35. The van der Waals surface area contributed by atoms with Crippen molar-refractivity contribution in [1.29, 1.82) is 0 Å². The van der Waals surface area contributed by atoms with Crippen LogP contribution in [0.4, 0.5) is 5.69 Å². The molecule has 0 saturated heterocycles. The van der Waals surface area contributed by atoms with E-state index in [2.05, 4.69) is 5.10 Å². The maximum atomic E-state index is 10.5. The normalized spacial score (nSPS) is 10.5. The van der Waals surface area contributed by atoms with Crippen LogP contribution in [0.1, 0.15) is 5.56 Å². The molecule has 108 valence electrons. The number of nitrogens with zero attached hydrogens (tertiary/aromatic N) is 3. The summed E-state index contributed by atoms with van der Waals surface area (Å²) in [6.07, 6.45) is 4.21. The first-order chi connectivity index (χ1) is 9.25. The van der Waals surface area contributed by atoms with E-state index in [0.29, 0.717) is 12.8 Å². The van der Waals surface area contributed by atoms with Crippen molar-refractivity contribution < 1.29 is 17.9 Å². The number of nitro benzene ring substituents is 1. The molecule has 1 aromatic carbocycles. The summed E-state index contributed by atoms with van der Waals surface area (Å²) in [7, 11) is -3.67. The Labute approximate surface area is 115 Å². The van der Waals surface area contributed by atoms with Crippen LogP contribution in [0.3, 0.4) is 0 Å². The Kier molecular flexibility index (Phi) is 5.35. The standard InChI is InChI=1S/C10H9N3O2.CH4O3S/c14-13(15)10-4-1-3-9(7-10)8-12-6-2-5-11-12;1-5(2,3)4/h1-7H,8H2;1H3,(H,2,3,4). The highest BCUT2D eigenvalue weighted by molar-refractivity contribution is 7.85. The van der Waals surface area contributed by atoms with Crippen molar-refractivity contribution in [2.75, 3.05) is 6.26 Å². The van der Waals surface area contributed by atoms with E-state index in [-0.39, 0.29) is 5.69 Å². The zero-order valence-electron chi connectivity index (χ0n) is 10.6. The van der Waals surface area contributed by atoms with E-state index in [4.69, 9.17) is 4.55 Å². The molecule has 1 N–H and O–H groups in total. The second-order valence-corrected chi connectivity index (χ2v) is 5.33. The molecule has 1 heterocycles. The highest BCUT2D eigenvalue weighted by Crippen LogP contribution is 2.13. The molecule has 0 saturated carbocycles. The van der Waals surface area contributed by atoms with E-state index in [1.807, 2.05) is 18.3 Å². The van der Waals surface area contributed by atoms with Crippen molar-refractivity contribution in [2.45, 2.75) is 6.54 Å². The Bertz CT molecular complexity index is 659. The van der Waals surface area contributed by atoms with Crippen molar-refractivity contribution in [2.24, 2.45) is 0 Å². The Morgan fingerprint density at radius 1 is 1.40 bits per heavy atom. The molecule has 0 aliphatic carbocycles. The summed E-state index contributed by atoms with van der Waals surface area (Å²) in [6.45, 7) is 0.550. The molecule has 0 atom stereocenters. The zero-order valence-corrected chi connectivity index (χ0v) is 11.4. The van der Waals surface area contributed by atoms with Crippen LogP contribution in [0.2, 0.25) is 0 Å². The Balaban J connectivity index is 0.000000347. The molecular formula is C11H13N3O5S. The van der Waals surface area contributed by atoms with Crippen molar-refractivity contribution in [3.8, 4) is 0 Å². The van der Waals surface area contributed by atoms with Gasteiger partial charge in [0.1, 0.15) is 0 Å². The Morgan fingerprint density at radius 3 is 2.55 bits per heavy atom. The van der Waals surface area contributed by atoms with Crippen LogP contribution in [-0.2, 0) is 16.7 Å². The van der Waals surface area contributed by atoms with Gasteiger partial charge in [0, 0.05) is 24.5 Å². The van der Waals surface area contributed by atoms with Gasteiger partial charge in [0.05, 0.1) is 17.7 Å². The van der Waals surface area contributed by atoms with E-state index in [1.54, 1.807) is 23.0 Å². The second kappa shape index (κ2) is 6.78. The summed E-state index contributed by atoms with van der Waals surface area (Å²) in [5, 5.41) is 14.6. The SMILES string of the molecule is CS(=O)(=O)O.O=[N+]([O-])c1cccc(Cn2cccn2)c1. The summed E-state index contributed by atoms with van der Waals surface area (Å²) in [5.41, 5.74) is 0.979. The predicted molar refractivity (Wildman–Crippen MR) is 71.9 cm³/mol. The smallest absolute Gasteiger partial charge is 0.269 e. The lowest BCUT2D eigenvalue weighted by molar-refractivity contribution is -0.384. The number of non-ortho nitro benzene ring substituents is 1. The fraction of sp³-hybridized carbons (Fsp3) is 0.182. The molecular weight excluding hydrogens is 286 g/mol. The minimum atomic E-state index is -3.67. The van der Waals surface area contributed by atoms with Gasteiger partial charge in [0.2, 0.25) is 0 Å². The van der Waals surface area contributed by atoms with Crippen molar-refractivity contribution in [3.05, 3.63) is 58.4 Å². The third kappa shape index (κ3) is 6.61. The first-order valence-electron chi connectivity index (χ1n) is 5.39. The summed E-state index contributed by atoms with van der Waals surface area (Å²) in [5.74, 6) is 0. The zero-order chi connectivity index (χ0) is 15.2.